The molecule has 1 fully saturated rings. The smallest absolute Gasteiger partial charge is 0.312 e. The van der Waals surface area contributed by atoms with Gasteiger partial charge in [0.2, 0.25) is 0 Å². The van der Waals surface area contributed by atoms with Gasteiger partial charge in [-0.05, 0) is 37.5 Å². The van der Waals surface area contributed by atoms with Crippen LogP contribution in [-0.2, 0) is 14.3 Å². The third kappa shape index (κ3) is 4.07. The number of hydrogen-bond acceptors (Lipinski definition) is 3. The Hall–Kier alpha value is -0.860. The fraction of sp³-hybridized carbons (Fsp3) is 0.882. The molecule has 0 saturated heterocycles. The molecule has 0 radical (unpaired) electrons. The number of hydrogen-bond donors (Lipinski definition) is 0. The van der Waals surface area contributed by atoms with E-state index in [0.29, 0.717) is 18.8 Å². The van der Waals surface area contributed by atoms with Crippen LogP contribution in [0.3, 0.4) is 0 Å². The second-order valence-corrected chi connectivity index (χ2v) is 6.92. The Morgan fingerprint density at radius 1 is 1.35 bits per heavy atom. The van der Waals surface area contributed by atoms with E-state index in [1.165, 1.54) is 0 Å². The molecule has 0 amide bonds. The molecule has 20 heavy (non-hydrogen) atoms. The van der Waals surface area contributed by atoms with E-state index in [-0.39, 0.29) is 23.8 Å². The third-order valence-corrected chi connectivity index (χ3v) is 4.63. The summed E-state index contributed by atoms with van der Waals surface area (Å²) in [7, 11) is 0. The van der Waals surface area contributed by atoms with Gasteiger partial charge in [-0.2, -0.15) is 0 Å². The molecular formula is C17H30O3. The van der Waals surface area contributed by atoms with Crippen molar-refractivity contribution in [2.75, 3.05) is 0 Å². The van der Waals surface area contributed by atoms with Crippen molar-refractivity contribution in [1.29, 1.82) is 0 Å². The number of Topliss-reactive ketones (excluding diaryl/α,β-unsaturated/α-hetero) is 1. The maximum atomic E-state index is 12.7. The zero-order valence-electron chi connectivity index (χ0n) is 13.7. The summed E-state index contributed by atoms with van der Waals surface area (Å²) < 4.78 is 5.72. The summed E-state index contributed by atoms with van der Waals surface area (Å²) in [6.45, 7) is 10.5. The van der Waals surface area contributed by atoms with Gasteiger partial charge >= 0.3 is 5.97 Å². The molecule has 0 spiro atoms. The van der Waals surface area contributed by atoms with Gasteiger partial charge in [-0.15, -0.1) is 0 Å². The van der Waals surface area contributed by atoms with Gasteiger partial charge in [0.15, 0.2) is 0 Å². The number of ketones is 1. The Labute approximate surface area is 123 Å². The molecule has 2 unspecified atom stereocenters. The van der Waals surface area contributed by atoms with E-state index in [4.69, 9.17) is 4.74 Å². The predicted octanol–water partition coefficient (Wildman–Crippen LogP) is 4.14. The summed E-state index contributed by atoms with van der Waals surface area (Å²) in [6, 6.07) is 0. The van der Waals surface area contributed by atoms with Crippen molar-refractivity contribution < 1.29 is 14.3 Å². The van der Waals surface area contributed by atoms with Crippen molar-refractivity contribution in [2.45, 2.75) is 79.2 Å². The minimum atomic E-state index is -0.408. The summed E-state index contributed by atoms with van der Waals surface area (Å²) in [5.74, 6) is 0.840. The third-order valence-electron chi connectivity index (χ3n) is 4.63. The van der Waals surface area contributed by atoms with Crippen molar-refractivity contribution in [1.82, 2.24) is 0 Å². The van der Waals surface area contributed by atoms with Crippen LogP contribution in [0.25, 0.3) is 0 Å². The number of esters is 1. The van der Waals surface area contributed by atoms with Crippen LogP contribution in [0.2, 0.25) is 0 Å². The monoisotopic (exact) mass is 282 g/mol. The Bertz CT molecular complexity index is 346. The maximum Gasteiger partial charge on any atom is 0.312 e. The molecule has 0 bridgehead atoms. The molecule has 3 heteroatoms. The van der Waals surface area contributed by atoms with Gasteiger partial charge in [-0.3, -0.25) is 9.59 Å². The lowest BCUT2D eigenvalue weighted by atomic mass is 9.69. The zero-order valence-corrected chi connectivity index (χ0v) is 13.7. The fourth-order valence-corrected chi connectivity index (χ4v) is 3.33. The summed E-state index contributed by atoms with van der Waals surface area (Å²) >= 11 is 0. The lowest BCUT2D eigenvalue weighted by molar-refractivity contribution is -0.168. The first-order valence-corrected chi connectivity index (χ1v) is 8.04. The quantitative estimate of drug-likeness (QED) is 0.688. The zero-order chi connectivity index (χ0) is 15.3. The van der Waals surface area contributed by atoms with Crippen molar-refractivity contribution >= 4 is 11.8 Å². The molecule has 0 aromatic carbocycles. The van der Waals surface area contributed by atoms with Crippen LogP contribution in [0.4, 0.5) is 0 Å². The molecule has 0 aromatic rings. The van der Waals surface area contributed by atoms with Crippen LogP contribution in [0.5, 0.6) is 0 Å². The van der Waals surface area contributed by atoms with Gasteiger partial charge in [0.05, 0.1) is 5.41 Å². The van der Waals surface area contributed by atoms with E-state index in [0.717, 1.165) is 25.7 Å². The molecule has 1 saturated carbocycles. The Morgan fingerprint density at radius 3 is 2.45 bits per heavy atom. The van der Waals surface area contributed by atoms with Gasteiger partial charge < -0.3 is 4.74 Å². The average molecular weight is 282 g/mol. The van der Waals surface area contributed by atoms with Gasteiger partial charge in [-0.1, -0.05) is 34.6 Å². The van der Waals surface area contributed by atoms with E-state index in [1.807, 2.05) is 0 Å². The van der Waals surface area contributed by atoms with Crippen LogP contribution in [0, 0.1) is 17.3 Å². The molecule has 1 aliphatic carbocycles. The normalized spacial score (nSPS) is 22.9. The predicted molar refractivity (Wildman–Crippen MR) is 80.4 cm³/mol. The standard InChI is InChI=1S/C17H30O3/c1-6-17(13(4)5,11-12(2)3)16(19)20-15-9-7-8-14(18)10-15/h12-13,15H,6-11H2,1-5H3. The lowest BCUT2D eigenvalue weighted by Gasteiger charge is -2.37. The molecule has 1 rings (SSSR count). The molecule has 1 aliphatic rings. The van der Waals surface area contributed by atoms with Crippen LogP contribution < -0.4 is 0 Å². The molecule has 3 nitrogen and oxygen atoms in total. The van der Waals surface area contributed by atoms with Crippen LogP contribution >= 0.6 is 0 Å². The van der Waals surface area contributed by atoms with Crippen molar-refractivity contribution in [3.05, 3.63) is 0 Å². The molecule has 0 N–H and O–H groups in total. The lowest BCUT2D eigenvalue weighted by Crippen LogP contribution is -2.41. The number of carbonyl (C=O) groups is 2. The number of ether oxygens (including phenoxy) is 1. The van der Waals surface area contributed by atoms with Crippen LogP contribution in [0.15, 0.2) is 0 Å². The van der Waals surface area contributed by atoms with Gasteiger partial charge in [0.1, 0.15) is 11.9 Å². The molecule has 0 heterocycles. The van der Waals surface area contributed by atoms with Gasteiger partial charge in [-0.25, -0.2) is 0 Å². The molecule has 2 atom stereocenters. The van der Waals surface area contributed by atoms with E-state index in [2.05, 4.69) is 34.6 Å². The highest BCUT2D eigenvalue weighted by molar-refractivity contribution is 5.81. The summed E-state index contributed by atoms with van der Waals surface area (Å²) in [6.07, 6.45) is 4.18. The minimum absolute atomic E-state index is 0.0941. The Morgan fingerprint density at radius 2 is 2.00 bits per heavy atom. The second kappa shape index (κ2) is 7.24. The SMILES string of the molecule is CCC(CC(C)C)(C(=O)OC1CCCC(=O)C1)C(C)C. The van der Waals surface area contributed by atoms with Gasteiger partial charge in [0, 0.05) is 12.8 Å². The largest absolute Gasteiger partial charge is 0.461 e. The number of carbonyl (C=O) groups excluding carboxylic acids is 2. The van der Waals surface area contributed by atoms with E-state index >= 15 is 0 Å². The van der Waals surface area contributed by atoms with E-state index in [9.17, 15) is 9.59 Å². The van der Waals surface area contributed by atoms with Crippen LogP contribution in [-0.4, -0.2) is 17.9 Å². The topological polar surface area (TPSA) is 43.4 Å². The minimum Gasteiger partial charge on any atom is -0.461 e. The highest BCUT2D eigenvalue weighted by Gasteiger charge is 2.43. The van der Waals surface area contributed by atoms with Crippen molar-refractivity contribution in [3.8, 4) is 0 Å². The molecular weight excluding hydrogens is 252 g/mol. The highest BCUT2D eigenvalue weighted by Crippen LogP contribution is 2.40. The molecule has 0 aliphatic heterocycles. The summed E-state index contributed by atoms with van der Waals surface area (Å²) in [4.78, 5) is 24.2. The second-order valence-electron chi connectivity index (χ2n) is 6.92. The molecule has 116 valence electrons. The van der Waals surface area contributed by atoms with E-state index < -0.39 is 5.41 Å². The maximum absolute atomic E-state index is 12.7. The fourth-order valence-electron chi connectivity index (χ4n) is 3.33. The van der Waals surface area contributed by atoms with Crippen molar-refractivity contribution in [3.63, 3.8) is 0 Å². The summed E-state index contributed by atoms with van der Waals surface area (Å²) in [5.41, 5.74) is -0.408. The Kier molecular flexibility index (Phi) is 6.22. The first-order chi connectivity index (χ1) is 9.31. The first-order valence-electron chi connectivity index (χ1n) is 8.04. The van der Waals surface area contributed by atoms with E-state index in [1.54, 1.807) is 0 Å². The van der Waals surface area contributed by atoms with Gasteiger partial charge in [0.25, 0.3) is 0 Å². The first kappa shape index (κ1) is 17.2. The summed E-state index contributed by atoms with van der Waals surface area (Å²) in [5, 5.41) is 0. The number of rotatable bonds is 6. The Balaban J connectivity index is 2.79. The highest BCUT2D eigenvalue weighted by atomic mass is 16.5. The average Bonchev–Trinajstić information content (AvgIpc) is 2.35. The molecule has 0 aromatic heterocycles. The van der Waals surface area contributed by atoms with Crippen LogP contribution in [0.1, 0.15) is 73.1 Å². The van der Waals surface area contributed by atoms with Crippen molar-refractivity contribution in [2.24, 2.45) is 17.3 Å².